The average Bonchev–Trinajstić information content (AvgIpc) is 1.65. The molecule has 0 saturated heterocycles. The molecule has 0 fully saturated rings. The van der Waals surface area contributed by atoms with Crippen molar-refractivity contribution in [3.05, 3.63) is 9.47 Å². The molecule has 6 heavy (non-hydrogen) atoms. The third-order valence-electron chi connectivity index (χ3n) is 0.246. The van der Waals surface area contributed by atoms with Crippen LogP contribution in [0.15, 0.2) is 9.47 Å². The van der Waals surface area contributed by atoms with Gasteiger partial charge < -0.3 is 0 Å². The van der Waals surface area contributed by atoms with Crippen molar-refractivity contribution >= 4 is 47.8 Å². The summed E-state index contributed by atoms with van der Waals surface area (Å²) in [4.78, 5) is 1.82. The molecule has 0 aromatic heterocycles. The second-order valence-corrected chi connectivity index (χ2v) is 2.73. The minimum absolute atomic E-state index is 0.873. The maximum atomic E-state index is 3.24. The van der Waals surface area contributed by atoms with Gasteiger partial charge >= 0.3 is 0 Å². The minimum atomic E-state index is 0.873. The molecule has 0 amide bonds. The molecule has 0 rings (SSSR count). The largest absolute Gasteiger partial charge is 0.0870 e. The fraction of sp³-hybridized carbons (Fsp3) is 0.333. The molecule has 0 radical (unpaired) electrons. The first-order valence-corrected chi connectivity index (χ1v) is 4.15. The molecule has 0 N–H and O–H groups in total. The molecule has 36 valence electrons. The molecule has 0 atom stereocenters. The molecule has 3 heteroatoms. The van der Waals surface area contributed by atoms with Crippen LogP contribution in [0.1, 0.15) is 0 Å². The van der Waals surface area contributed by atoms with Crippen LogP contribution in [-0.4, -0.2) is 5.33 Å². The Balaban J connectivity index is 3.22. The van der Waals surface area contributed by atoms with Gasteiger partial charge in [0.25, 0.3) is 0 Å². The zero-order valence-corrected chi connectivity index (χ0v) is 7.68. The van der Waals surface area contributed by atoms with Crippen molar-refractivity contribution in [1.82, 2.24) is 0 Å². The second kappa shape index (κ2) is 4.34. The summed E-state index contributed by atoms with van der Waals surface area (Å²) in [6, 6.07) is 0. The standard InChI is InChI=1S/C3H3Br3/c4-1-3(6)2-5/h1H,2H2/b3-1-. The zero-order chi connectivity index (χ0) is 4.99. The summed E-state index contributed by atoms with van der Waals surface area (Å²) < 4.78 is 1.11. The highest BCUT2D eigenvalue weighted by Gasteiger charge is 1.78. The van der Waals surface area contributed by atoms with Crippen molar-refractivity contribution in [2.75, 3.05) is 5.33 Å². The lowest BCUT2D eigenvalue weighted by Gasteiger charge is -1.79. The molecule has 0 aliphatic heterocycles. The maximum Gasteiger partial charge on any atom is 0.0354 e. The number of alkyl halides is 1. The highest BCUT2D eigenvalue weighted by molar-refractivity contribution is 9.15. The number of hydrogen-bond acceptors (Lipinski definition) is 0. The van der Waals surface area contributed by atoms with Gasteiger partial charge in [-0.25, -0.2) is 0 Å². The van der Waals surface area contributed by atoms with Gasteiger partial charge in [-0.2, -0.15) is 0 Å². The van der Waals surface area contributed by atoms with Gasteiger partial charge in [-0.15, -0.1) is 0 Å². The number of hydrogen-bond donors (Lipinski definition) is 0. The Morgan fingerprint density at radius 2 is 2.17 bits per heavy atom. The van der Waals surface area contributed by atoms with Crippen LogP contribution in [0.2, 0.25) is 0 Å². The Bertz CT molecular complexity index is 57.1. The van der Waals surface area contributed by atoms with Gasteiger partial charge in [-0.05, 0) is 4.99 Å². The zero-order valence-electron chi connectivity index (χ0n) is 2.92. The smallest absolute Gasteiger partial charge is 0.0354 e. The van der Waals surface area contributed by atoms with Crippen LogP contribution in [0.5, 0.6) is 0 Å². The Labute approximate surface area is 62.4 Å². The lowest BCUT2D eigenvalue weighted by molar-refractivity contribution is 1.81. The van der Waals surface area contributed by atoms with E-state index in [4.69, 9.17) is 0 Å². The molecule has 0 aromatic rings. The van der Waals surface area contributed by atoms with Crippen LogP contribution in [0.4, 0.5) is 0 Å². The predicted octanol–water partition coefficient (Wildman–Crippen LogP) is 3.01. The molecule has 0 heterocycles. The van der Waals surface area contributed by atoms with E-state index in [2.05, 4.69) is 47.8 Å². The molecular formula is C3H3Br3. The fourth-order valence-electron chi connectivity index (χ4n) is 0.0292. The highest BCUT2D eigenvalue weighted by atomic mass is 79.9. The summed E-state index contributed by atoms with van der Waals surface area (Å²) in [5.41, 5.74) is 0. The van der Waals surface area contributed by atoms with Gasteiger partial charge in [0.05, 0.1) is 0 Å². The first kappa shape index (κ1) is 7.18. The van der Waals surface area contributed by atoms with E-state index in [0.717, 1.165) is 9.81 Å². The SMILES string of the molecule is Br/C=C(\Br)CBr. The topological polar surface area (TPSA) is 0 Å². The van der Waals surface area contributed by atoms with Crippen molar-refractivity contribution in [2.24, 2.45) is 0 Å². The van der Waals surface area contributed by atoms with Gasteiger partial charge in [0.15, 0.2) is 0 Å². The number of rotatable bonds is 1. The minimum Gasteiger partial charge on any atom is -0.0870 e. The van der Waals surface area contributed by atoms with E-state index in [1.807, 2.05) is 4.99 Å². The molecule has 0 aromatic carbocycles. The lowest BCUT2D eigenvalue weighted by atomic mass is 10.8. The van der Waals surface area contributed by atoms with Gasteiger partial charge in [0.2, 0.25) is 0 Å². The van der Waals surface area contributed by atoms with E-state index in [1.165, 1.54) is 0 Å². The van der Waals surface area contributed by atoms with Crippen molar-refractivity contribution < 1.29 is 0 Å². The number of halogens is 3. The van der Waals surface area contributed by atoms with E-state index in [0.29, 0.717) is 0 Å². The quantitative estimate of drug-likeness (QED) is 0.647. The molecule has 0 unspecified atom stereocenters. The Kier molecular flexibility index (Phi) is 5.20. The van der Waals surface area contributed by atoms with E-state index >= 15 is 0 Å². The predicted molar refractivity (Wildman–Crippen MR) is 39.7 cm³/mol. The summed E-state index contributed by atoms with van der Waals surface area (Å²) >= 11 is 9.61. The summed E-state index contributed by atoms with van der Waals surface area (Å²) in [6.45, 7) is 0. The van der Waals surface area contributed by atoms with Crippen molar-refractivity contribution in [1.29, 1.82) is 0 Å². The Morgan fingerprint density at radius 1 is 1.67 bits per heavy atom. The third kappa shape index (κ3) is 3.37. The molecule has 0 saturated carbocycles. The van der Waals surface area contributed by atoms with E-state index in [-0.39, 0.29) is 0 Å². The Hall–Kier alpha value is 1.18. The van der Waals surface area contributed by atoms with Gasteiger partial charge in [-0.1, -0.05) is 47.8 Å². The van der Waals surface area contributed by atoms with Crippen LogP contribution in [-0.2, 0) is 0 Å². The molecule has 0 bridgehead atoms. The summed E-state index contributed by atoms with van der Waals surface area (Å²) in [5, 5.41) is 0.873. The van der Waals surface area contributed by atoms with Crippen molar-refractivity contribution in [3.63, 3.8) is 0 Å². The fourth-order valence-corrected chi connectivity index (χ4v) is 0.787. The molecule has 0 nitrogen and oxygen atoms in total. The van der Waals surface area contributed by atoms with Crippen LogP contribution in [0, 0.1) is 0 Å². The lowest BCUT2D eigenvalue weighted by Crippen LogP contribution is -1.61. The van der Waals surface area contributed by atoms with Crippen molar-refractivity contribution in [3.8, 4) is 0 Å². The van der Waals surface area contributed by atoms with Gasteiger partial charge in [0, 0.05) is 9.81 Å². The summed E-state index contributed by atoms with van der Waals surface area (Å²) in [6.07, 6.45) is 0. The van der Waals surface area contributed by atoms with E-state index in [9.17, 15) is 0 Å². The monoisotopic (exact) mass is 276 g/mol. The first-order chi connectivity index (χ1) is 2.81. The molecular weight excluding hydrogens is 276 g/mol. The molecule has 0 spiro atoms. The summed E-state index contributed by atoms with van der Waals surface area (Å²) in [7, 11) is 0. The Morgan fingerprint density at radius 3 is 2.17 bits per heavy atom. The molecule has 0 aliphatic rings. The van der Waals surface area contributed by atoms with Crippen LogP contribution in [0.25, 0.3) is 0 Å². The van der Waals surface area contributed by atoms with E-state index < -0.39 is 0 Å². The number of allylic oxidation sites excluding steroid dienone is 1. The van der Waals surface area contributed by atoms with Crippen LogP contribution < -0.4 is 0 Å². The average molecular weight is 279 g/mol. The molecule has 0 aliphatic carbocycles. The first-order valence-electron chi connectivity index (χ1n) is 1.32. The van der Waals surface area contributed by atoms with Gasteiger partial charge in [-0.3, -0.25) is 0 Å². The van der Waals surface area contributed by atoms with Crippen molar-refractivity contribution in [2.45, 2.75) is 0 Å². The third-order valence-corrected chi connectivity index (χ3v) is 3.28. The van der Waals surface area contributed by atoms with Gasteiger partial charge in [0.1, 0.15) is 0 Å². The highest BCUT2D eigenvalue weighted by Crippen LogP contribution is 2.09. The summed E-state index contributed by atoms with van der Waals surface area (Å²) in [5.74, 6) is 0. The second-order valence-electron chi connectivity index (χ2n) is 0.690. The van der Waals surface area contributed by atoms with E-state index in [1.54, 1.807) is 0 Å². The maximum absolute atomic E-state index is 3.24. The van der Waals surface area contributed by atoms with Crippen LogP contribution in [0.3, 0.4) is 0 Å². The van der Waals surface area contributed by atoms with Crippen LogP contribution >= 0.6 is 47.8 Å². The normalized spacial score (nSPS) is 12.2.